The van der Waals surface area contributed by atoms with Crippen molar-refractivity contribution in [2.75, 3.05) is 13.2 Å². The highest BCUT2D eigenvalue weighted by atomic mass is 16.5. The van der Waals surface area contributed by atoms with E-state index < -0.39 is 0 Å². The molecule has 0 bridgehead atoms. The molecular formula is C18H31NO. The van der Waals surface area contributed by atoms with Gasteiger partial charge in [-0.25, -0.2) is 0 Å². The smallest absolute Gasteiger partial charge is 0.0717 e. The first-order valence-corrected chi connectivity index (χ1v) is 7.98. The number of benzene rings is 1. The summed E-state index contributed by atoms with van der Waals surface area (Å²) >= 11 is 0. The van der Waals surface area contributed by atoms with Crippen LogP contribution in [0.3, 0.4) is 0 Å². The second-order valence-corrected chi connectivity index (χ2v) is 6.25. The zero-order valence-electron chi connectivity index (χ0n) is 13.6. The van der Waals surface area contributed by atoms with Crippen molar-refractivity contribution < 1.29 is 4.74 Å². The Labute approximate surface area is 124 Å². The Bertz CT molecular complexity index is 345. The molecule has 0 aromatic heterocycles. The van der Waals surface area contributed by atoms with Gasteiger partial charge in [0, 0.05) is 13.2 Å². The summed E-state index contributed by atoms with van der Waals surface area (Å²) < 4.78 is 5.77. The van der Waals surface area contributed by atoms with Crippen LogP contribution in [-0.2, 0) is 17.9 Å². The molecule has 0 amide bonds. The third-order valence-electron chi connectivity index (χ3n) is 3.36. The van der Waals surface area contributed by atoms with Crippen molar-refractivity contribution in [1.82, 2.24) is 5.32 Å². The second kappa shape index (κ2) is 9.95. The lowest BCUT2D eigenvalue weighted by Gasteiger charge is -2.11. The molecule has 0 aliphatic rings. The summed E-state index contributed by atoms with van der Waals surface area (Å²) in [6, 6.07) is 8.75. The maximum absolute atomic E-state index is 5.77. The molecule has 0 spiro atoms. The second-order valence-electron chi connectivity index (χ2n) is 6.25. The van der Waals surface area contributed by atoms with Gasteiger partial charge < -0.3 is 10.1 Å². The van der Waals surface area contributed by atoms with E-state index in [0.29, 0.717) is 11.8 Å². The third-order valence-corrected chi connectivity index (χ3v) is 3.36. The zero-order valence-corrected chi connectivity index (χ0v) is 13.6. The number of hydrogen-bond acceptors (Lipinski definition) is 2. The fraction of sp³-hybridized carbons (Fsp3) is 0.667. The van der Waals surface area contributed by atoms with E-state index in [1.807, 2.05) is 0 Å². The van der Waals surface area contributed by atoms with Crippen LogP contribution in [0.4, 0.5) is 0 Å². The SMILES string of the molecule is CCCC(C)COCc1ccc(CNCC(C)C)cc1. The summed E-state index contributed by atoms with van der Waals surface area (Å²) in [5.74, 6) is 1.37. The predicted octanol–water partition coefficient (Wildman–Crippen LogP) is 4.39. The molecule has 1 atom stereocenters. The van der Waals surface area contributed by atoms with Crippen molar-refractivity contribution in [2.45, 2.75) is 53.7 Å². The van der Waals surface area contributed by atoms with Gasteiger partial charge in [-0.3, -0.25) is 0 Å². The summed E-state index contributed by atoms with van der Waals surface area (Å²) in [6.45, 7) is 12.6. The maximum atomic E-state index is 5.77. The summed E-state index contributed by atoms with van der Waals surface area (Å²) in [5.41, 5.74) is 2.61. The summed E-state index contributed by atoms with van der Waals surface area (Å²) in [4.78, 5) is 0. The molecule has 1 unspecified atom stereocenters. The van der Waals surface area contributed by atoms with Gasteiger partial charge in [-0.2, -0.15) is 0 Å². The Morgan fingerprint density at radius 2 is 1.70 bits per heavy atom. The Morgan fingerprint density at radius 1 is 1.05 bits per heavy atom. The van der Waals surface area contributed by atoms with Crippen LogP contribution in [0.5, 0.6) is 0 Å². The van der Waals surface area contributed by atoms with Crippen LogP contribution in [0.25, 0.3) is 0 Å². The van der Waals surface area contributed by atoms with Crippen molar-refractivity contribution in [3.63, 3.8) is 0 Å². The highest BCUT2D eigenvalue weighted by Gasteiger charge is 2.01. The van der Waals surface area contributed by atoms with Crippen molar-refractivity contribution in [1.29, 1.82) is 0 Å². The molecule has 0 heterocycles. The number of nitrogens with one attached hydrogen (secondary N) is 1. The van der Waals surface area contributed by atoms with Gasteiger partial charge in [0.15, 0.2) is 0 Å². The molecule has 1 N–H and O–H groups in total. The van der Waals surface area contributed by atoms with Crippen LogP contribution in [-0.4, -0.2) is 13.2 Å². The minimum atomic E-state index is 0.666. The van der Waals surface area contributed by atoms with E-state index in [1.54, 1.807) is 0 Å². The van der Waals surface area contributed by atoms with Gasteiger partial charge in [0.05, 0.1) is 6.61 Å². The van der Waals surface area contributed by atoms with E-state index >= 15 is 0 Å². The molecule has 0 saturated carbocycles. The molecule has 0 radical (unpaired) electrons. The topological polar surface area (TPSA) is 21.3 Å². The lowest BCUT2D eigenvalue weighted by atomic mass is 10.1. The molecule has 0 aliphatic carbocycles. The number of rotatable bonds is 10. The van der Waals surface area contributed by atoms with E-state index in [2.05, 4.69) is 57.3 Å². The predicted molar refractivity (Wildman–Crippen MR) is 86.7 cm³/mol. The van der Waals surface area contributed by atoms with Crippen molar-refractivity contribution in [2.24, 2.45) is 11.8 Å². The van der Waals surface area contributed by atoms with Gasteiger partial charge in [-0.1, -0.05) is 58.4 Å². The van der Waals surface area contributed by atoms with E-state index in [1.165, 1.54) is 24.0 Å². The molecule has 1 rings (SSSR count). The van der Waals surface area contributed by atoms with Crippen LogP contribution < -0.4 is 5.32 Å². The summed E-state index contributed by atoms with van der Waals surface area (Å²) in [6.07, 6.45) is 2.49. The molecule has 20 heavy (non-hydrogen) atoms. The first kappa shape index (κ1) is 17.2. The monoisotopic (exact) mass is 277 g/mol. The van der Waals surface area contributed by atoms with Crippen molar-refractivity contribution >= 4 is 0 Å². The van der Waals surface area contributed by atoms with Crippen molar-refractivity contribution in [3.05, 3.63) is 35.4 Å². The molecule has 1 aromatic rings. The molecule has 114 valence electrons. The fourth-order valence-corrected chi connectivity index (χ4v) is 2.21. The van der Waals surface area contributed by atoms with Gasteiger partial charge in [-0.15, -0.1) is 0 Å². The lowest BCUT2D eigenvalue weighted by Crippen LogP contribution is -2.18. The van der Waals surface area contributed by atoms with E-state index in [-0.39, 0.29) is 0 Å². The molecule has 0 aliphatic heterocycles. The third kappa shape index (κ3) is 7.66. The first-order valence-electron chi connectivity index (χ1n) is 7.98. The first-order chi connectivity index (χ1) is 9.61. The fourth-order valence-electron chi connectivity index (χ4n) is 2.21. The Kier molecular flexibility index (Phi) is 8.56. The standard InChI is InChI=1S/C18H31NO/c1-5-6-16(4)13-20-14-18-9-7-17(8-10-18)12-19-11-15(2)3/h7-10,15-16,19H,5-6,11-14H2,1-4H3. The quantitative estimate of drug-likeness (QED) is 0.685. The average Bonchev–Trinajstić information content (AvgIpc) is 2.40. The van der Waals surface area contributed by atoms with Crippen LogP contribution in [0.2, 0.25) is 0 Å². The Balaban J connectivity index is 2.24. The van der Waals surface area contributed by atoms with E-state index in [4.69, 9.17) is 4.74 Å². The minimum absolute atomic E-state index is 0.666. The zero-order chi connectivity index (χ0) is 14.8. The molecule has 1 aromatic carbocycles. The molecular weight excluding hydrogens is 246 g/mol. The average molecular weight is 277 g/mol. The van der Waals surface area contributed by atoms with Gasteiger partial charge >= 0.3 is 0 Å². The van der Waals surface area contributed by atoms with Crippen molar-refractivity contribution in [3.8, 4) is 0 Å². The number of ether oxygens (including phenoxy) is 1. The van der Waals surface area contributed by atoms with Crippen LogP contribution in [0.1, 0.15) is 51.7 Å². The van der Waals surface area contributed by atoms with Crippen LogP contribution in [0, 0.1) is 11.8 Å². The molecule has 2 nitrogen and oxygen atoms in total. The lowest BCUT2D eigenvalue weighted by molar-refractivity contribution is 0.0893. The van der Waals surface area contributed by atoms with Gasteiger partial charge in [0.2, 0.25) is 0 Å². The Hall–Kier alpha value is -0.860. The van der Waals surface area contributed by atoms with Gasteiger partial charge in [-0.05, 0) is 35.9 Å². The Morgan fingerprint density at radius 3 is 2.30 bits per heavy atom. The summed E-state index contributed by atoms with van der Waals surface area (Å²) in [5, 5.41) is 3.46. The van der Waals surface area contributed by atoms with E-state index in [0.717, 1.165) is 26.3 Å². The van der Waals surface area contributed by atoms with Crippen LogP contribution in [0.15, 0.2) is 24.3 Å². The normalized spacial score (nSPS) is 12.8. The van der Waals surface area contributed by atoms with Gasteiger partial charge in [0.1, 0.15) is 0 Å². The largest absolute Gasteiger partial charge is 0.376 e. The summed E-state index contributed by atoms with van der Waals surface area (Å²) in [7, 11) is 0. The number of hydrogen-bond donors (Lipinski definition) is 1. The molecule has 0 fully saturated rings. The molecule has 2 heteroatoms. The highest BCUT2D eigenvalue weighted by Crippen LogP contribution is 2.09. The molecule has 0 saturated heterocycles. The van der Waals surface area contributed by atoms with E-state index in [9.17, 15) is 0 Å². The maximum Gasteiger partial charge on any atom is 0.0717 e. The van der Waals surface area contributed by atoms with Gasteiger partial charge in [0.25, 0.3) is 0 Å². The minimum Gasteiger partial charge on any atom is -0.376 e. The highest BCUT2D eigenvalue weighted by molar-refractivity contribution is 5.21. The van der Waals surface area contributed by atoms with Crippen LogP contribution >= 0.6 is 0 Å².